The average molecular weight is 143 g/mol. The van der Waals surface area contributed by atoms with E-state index in [0.29, 0.717) is 0 Å². The molecule has 50 valence electrons. The van der Waals surface area contributed by atoms with Gasteiger partial charge in [-0.2, -0.15) is 4.39 Å². The van der Waals surface area contributed by atoms with Crippen LogP contribution < -0.4 is 16.6 Å². The minimum atomic E-state index is -4.45. The molecule has 0 aliphatic rings. The third-order valence-electron chi connectivity index (χ3n) is 0.436. The standard InChI is InChI=1S/CH6FN3O2S/c2-1(3,4)8(5,6)7/h3-4H2,(H2,5,6,7). The van der Waals surface area contributed by atoms with E-state index in [1.165, 1.54) is 0 Å². The first-order chi connectivity index (χ1) is 3.25. The molecule has 8 heavy (non-hydrogen) atoms. The molecule has 7 heteroatoms. The Morgan fingerprint density at radius 2 is 1.50 bits per heavy atom. The molecular weight excluding hydrogens is 137 g/mol. The van der Waals surface area contributed by atoms with Gasteiger partial charge in [-0.25, -0.2) is 13.6 Å². The summed E-state index contributed by atoms with van der Waals surface area (Å²) < 4.78 is 31.3. The molecule has 0 aromatic carbocycles. The summed E-state index contributed by atoms with van der Waals surface area (Å²) in [7, 11) is -4.45. The Bertz CT molecular complexity index is 166. The van der Waals surface area contributed by atoms with E-state index >= 15 is 0 Å². The van der Waals surface area contributed by atoms with Crippen molar-refractivity contribution in [3.05, 3.63) is 0 Å². The van der Waals surface area contributed by atoms with E-state index in [1.54, 1.807) is 0 Å². The third-order valence-corrected chi connectivity index (χ3v) is 1.31. The van der Waals surface area contributed by atoms with Crippen molar-refractivity contribution >= 4 is 10.0 Å². The molecule has 0 radical (unpaired) electrons. The smallest absolute Gasteiger partial charge is 0.272 e. The maximum absolute atomic E-state index is 11.7. The minimum Gasteiger partial charge on any atom is -0.272 e. The van der Waals surface area contributed by atoms with Gasteiger partial charge < -0.3 is 0 Å². The molecule has 0 unspecified atom stereocenters. The Morgan fingerprint density at radius 1 is 1.38 bits per heavy atom. The molecular formula is CH6FN3O2S. The minimum absolute atomic E-state index is 3.31. The Balaban J connectivity index is 4.53. The zero-order chi connectivity index (χ0) is 7.00. The monoisotopic (exact) mass is 143 g/mol. The Kier molecular flexibility index (Phi) is 1.57. The van der Waals surface area contributed by atoms with Crippen LogP contribution in [0.3, 0.4) is 0 Å². The first kappa shape index (κ1) is 7.76. The van der Waals surface area contributed by atoms with Gasteiger partial charge >= 0.3 is 5.25 Å². The van der Waals surface area contributed by atoms with Crippen molar-refractivity contribution in [2.75, 3.05) is 0 Å². The molecule has 6 N–H and O–H groups in total. The van der Waals surface area contributed by atoms with E-state index in [1.807, 2.05) is 0 Å². The quantitative estimate of drug-likeness (QED) is 0.285. The third kappa shape index (κ3) is 1.70. The maximum atomic E-state index is 11.7. The first-order valence-electron chi connectivity index (χ1n) is 1.54. The summed E-state index contributed by atoms with van der Waals surface area (Å²) in [5.74, 6) is 0. The topological polar surface area (TPSA) is 112 Å². The molecule has 0 aromatic rings. The molecule has 0 aromatic heterocycles. The second-order valence-electron chi connectivity index (χ2n) is 1.24. The molecule has 0 saturated carbocycles. The number of nitrogens with two attached hydrogens (primary N) is 3. The van der Waals surface area contributed by atoms with Crippen molar-refractivity contribution in [2.45, 2.75) is 5.25 Å². The van der Waals surface area contributed by atoms with E-state index in [2.05, 4.69) is 16.6 Å². The zero-order valence-electron chi connectivity index (χ0n) is 3.83. The van der Waals surface area contributed by atoms with Crippen LogP contribution >= 0.6 is 0 Å². The number of sulfonamides is 1. The lowest BCUT2D eigenvalue weighted by Gasteiger charge is -2.08. The van der Waals surface area contributed by atoms with Crippen LogP contribution in [-0.4, -0.2) is 13.7 Å². The number of hydrogen-bond donors (Lipinski definition) is 3. The fourth-order valence-electron chi connectivity index (χ4n) is 0. The van der Waals surface area contributed by atoms with Gasteiger partial charge in [0.25, 0.3) is 10.0 Å². The highest BCUT2D eigenvalue weighted by atomic mass is 32.2. The van der Waals surface area contributed by atoms with Crippen LogP contribution in [0.1, 0.15) is 0 Å². The van der Waals surface area contributed by atoms with Crippen molar-refractivity contribution in [3.8, 4) is 0 Å². The van der Waals surface area contributed by atoms with Gasteiger partial charge in [-0.1, -0.05) is 0 Å². The summed E-state index contributed by atoms with van der Waals surface area (Å²) in [6.45, 7) is 0. The van der Waals surface area contributed by atoms with E-state index in [0.717, 1.165) is 0 Å². The second-order valence-corrected chi connectivity index (χ2v) is 2.96. The normalized spacial score (nSPS) is 14.0. The van der Waals surface area contributed by atoms with Crippen LogP contribution in [-0.2, 0) is 10.0 Å². The zero-order valence-corrected chi connectivity index (χ0v) is 4.65. The van der Waals surface area contributed by atoms with Gasteiger partial charge in [0.15, 0.2) is 0 Å². The highest BCUT2D eigenvalue weighted by Gasteiger charge is 2.31. The maximum Gasteiger partial charge on any atom is 0.327 e. The predicted molar refractivity (Wildman–Crippen MR) is 25.3 cm³/mol. The molecule has 0 aliphatic heterocycles. The van der Waals surface area contributed by atoms with Gasteiger partial charge in [0, 0.05) is 0 Å². The summed E-state index contributed by atoms with van der Waals surface area (Å²) >= 11 is 0. The van der Waals surface area contributed by atoms with Crippen LogP contribution in [0.5, 0.6) is 0 Å². The molecule has 0 amide bonds. The average Bonchev–Trinajstić information content (AvgIpc) is 1.25. The van der Waals surface area contributed by atoms with Gasteiger partial charge in [-0.3, -0.25) is 11.5 Å². The highest BCUT2D eigenvalue weighted by molar-refractivity contribution is 7.90. The second kappa shape index (κ2) is 1.62. The van der Waals surface area contributed by atoms with Gasteiger partial charge in [0.1, 0.15) is 0 Å². The van der Waals surface area contributed by atoms with Crippen molar-refractivity contribution in [1.82, 2.24) is 0 Å². The van der Waals surface area contributed by atoms with Crippen molar-refractivity contribution in [1.29, 1.82) is 0 Å². The first-order valence-corrected chi connectivity index (χ1v) is 3.09. The molecule has 0 spiro atoms. The summed E-state index contributed by atoms with van der Waals surface area (Å²) in [5.41, 5.74) is 8.42. The van der Waals surface area contributed by atoms with Gasteiger partial charge in [0.2, 0.25) is 0 Å². The lowest BCUT2D eigenvalue weighted by molar-refractivity contribution is 0.286. The highest BCUT2D eigenvalue weighted by Crippen LogP contribution is 1.96. The van der Waals surface area contributed by atoms with Crippen molar-refractivity contribution in [3.63, 3.8) is 0 Å². The molecule has 0 aliphatic carbocycles. The molecule has 0 bridgehead atoms. The fourth-order valence-corrected chi connectivity index (χ4v) is 0. The van der Waals surface area contributed by atoms with Crippen molar-refractivity contribution in [2.24, 2.45) is 16.6 Å². The van der Waals surface area contributed by atoms with Gasteiger partial charge in [-0.15, -0.1) is 0 Å². The summed E-state index contributed by atoms with van der Waals surface area (Å²) in [4.78, 5) is 0. The Labute approximate surface area is 45.7 Å². The lowest BCUT2D eigenvalue weighted by Crippen LogP contribution is -2.55. The fraction of sp³-hybridized carbons (Fsp3) is 1.00. The molecule has 0 saturated heterocycles. The van der Waals surface area contributed by atoms with Crippen LogP contribution in [0.15, 0.2) is 0 Å². The predicted octanol–water partition coefficient (Wildman–Crippen LogP) is -2.23. The summed E-state index contributed by atoms with van der Waals surface area (Å²) in [6, 6.07) is 0. The van der Waals surface area contributed by atoms with Crippen molar-refractivity contribution < 1.29 is 12.8 Å². The molecule has 0 atom stereocenters. The number of primary sulfonamides is 1. The van der Waals surface area contributed by atoms with Crippen LogP contribution in [0.4, 0.5) is 4.39 Å². The largest absolute Gasteiger partial charge is 0.327 e. The number of hydrogen-bond acceptors (Lipinski definition) is 4. The summed E-state index contributed by atoms with van der Waals surface area (Å²) in [5, 5.41) is 0.847. The lowest BCUT2D eigenvalue weighted by atomic mass is 11.1. The summed E-state index contributed by atoms with van der Waals surface area (Å²) in [6.07, 6.45) is 0. The Hall–Kier alpha value is -0.240. The van der Waals surface area contributed by atoms with Gasteiger partial charge in [0.05, 0.1) is 0 Å². The van der Waals surface area contributed by atoms with E-state index in [-0.39, 0.29) is 0 Å². The number of rotatable bonds is 1. The van der Waals surface area contributed by atoms with E-state index < -0.39 is 15.3 Å². The van der Waals surface area contributed by atoms with Crippen LogP contribution in [0.2, 0.25) is 0 Å². The molecule has 0 heterocycles. The van der Waals surface area contributed by atoms with Gasteiger partial charge in [-0.05, 0) is 0 Å². The van der Waals surface area contributed by atoms with E-state index in [4.69, 9.17) is 0 Å². The Morgan fingerprint density at radius 3 is 1.50 bits per heavy atom. The SMILES string of the molecule is NC(N)(F)S(N)(=O)=O. The van der Waals surface area contributed by atoms with E-state index in [9.17, 15) is 12.8 Å². The molecule has 0 fully saturated rings. The number of alkyl halides is 1. The molecule has 0 rings (SSSR count). The molecule has 5 nitrogen and oxygen atoms in total. The van der Waals surface area contributed by atoms with Crippen LogP contribution in [0, 0.1) is 0 Å². The van der Waals surface area contributed by atoms with Crippen LogP contribution in [0.25, 0.3) is 0 Å². The number of halogens is 1.